The quantitative estimate of drug-likeness (QED) is 0.180. The molecule has 1 fully saturated rings. The Kier molecular flexibility index (Phi) is 7.48. The molecule has 12 heteroatoms. The number of phenols is 1. The SMILES string of the molecule is C[C@H]1c2c(I)ccc(O)c2C(=O)C2=C(O)[C@]3(O)C(=O)C(C(N)=O)=C(O)[C@@H](N(C)C)[C@@H]3[C@@H](OC(=O)C3CCCCC3)[C@@H]21. The molecule has 4 aliphatic rings. The first kappa shape index (κ1) is 29.5. The summed E-state index contributed by atoms with van der Waals surface area (Å²) in [5, 5.41) is 45.7. The number of nitrogens with zero attached hydrogens (tertiary/aromatic N) is 1. The maximum atomic E-state index is 14.0. The average molecular weight is 680 g/mol. The van der Waals surface area contributed by atoms with Gasteiger partial charge < -0.3 is 30.9 Å². The highest BCUT2D eigenvalue weighted by atomic mass is 127. The van der Waals surface area contributed by atoms with Gasteiger partial charge in [-0.1, -0.05) is 26.2 Å². The summed E-state index contributed by atoms with van der Waals surface area (Å²) < 4.78 is 6.82. The smallest absolute Gasteiger partial charge is 0.309 e. The van der Waals surface area contributed by atoms with Gasteiger partial charge in [-0.3, -0.25) is 24.1 Å². The molecule has 41 heavy (non-hydrogen) atoms. The van der Waals surface area contributed by atoms with Gasteiger partial charge >= 0.3 is 5.97 Å². The van der Waals surface area contributed by atoms with E-state index in [0.717, 1.165) is 19.3 Å². The Labute approximate surface area is 250 Å². The summed E-state index contributed by atoms with van der Waals surface area (Å²) in [4.78, 5) is 55.2. The summed E-state index contributed by atoms with van der Waals surface area (Å²) in [7, 11) is 3.05. The normalized spacial score (nSPS) is 32.0. The molecule has 0 bridgehead atoms. The molecule has 0 aliphatic heterocycles. The van der Waals surface area contributed by atoms with E-state index in [9.17, 15) is 39.6 Å². The number of aliphatic hydroxyl groups is 3. The molecule has 6 atom stereocenters. The molecule has 1 aromatic rings. The summed E-state index contributed by atoms with van der Waals surface area (Å²) in [6.07, 6.45) is 2.44. The molecule has 1 amide bonds. The number of fused-ring (bicyclic) bond motifs is 3. The number of carbonyl (C=O) groups excluding carboxylic acids is 4. The summed E-state index contributed by atoms with van der Waals surface area (Å²) >= 11 is 2.03. The summed E-state index contributed by atoms with van der Waals surface area (Å²) in [5.74, 6) is -9.87. The third-order valence-electron chi connectivity index (χ3n) is 9.22. The number of amides is 1. The monoisotopic (exact) mass is 680 g/mol. The first-order chi connectivity index (χ1) is 19.2. The molecule has 0 saturated heterocycles. The van der Waals surface area contributed by atoms with E-state index in [0.29, 0.717) is 22.0 Å². The average Bonchev–Trinajstić information content (AvgIpc) is 2.91. The van der Waals surface area contributed by atoms with E-state index in [-0.39, 0.29) is 11.3 Å². The molecular formula is C29H33IN2O9. The van der Waals surface area contributed by atoms with Crippen LogP contribution in [0.15, 0.2) is 34.8 Å². The first-order valence-corrected chi connectivity index (χ1v) is 14.7. The largest absolute Gasteiger partial charge is 0.510 e. The van der Waals surface area contributed by atoms with Crippen molar-refractivity contribution in [2.45, 2.75) is 62.7 Å². The minimum atomic E-state index is -2.95. The number of hydrogen-bond acceptors (Lipinski definition) is 10. The van der Waals surface area contributed by atoms with E-state index < -0.39 is 87.5 Å². The van der Waals surface area contributed by atoms with Gasteiger partial charge in [0, 0.05) is 15.1 Å². The highest BCUT2D eigenvalue weighted by Crippen LogP contribution is 2.57. The molecular weight excluding hydrogens is 647 g/mol. The number of benzene rings is 1. The molecule has 11 nitrogen and oxygen atoms in total. The van der Waals surface area contributed by atoms with E-state index in [2.05, 4.69) is 0 Å². The Bertz CT molecular complexity index is 1430. The van der Waals surface area contributed by atoms with Crippen LogP contribution in [0.25, 0.3) is 0 Å². The number of rotatable bonds is 4. The Morgan fingerprint density at radius 2 is 1.73 bits per heavy atom. The molecule has 0 unspecified atom stereocenters. The fourth-order valence-corrected chi connectivity index (χ4v) is 8.27. The number of Topliss-reactive ketones (excluding diaryl/α,β-unsaturated/α-hetero) is 2. The number of primary amides is 1. The van der Waals surface area contributed by atoms with Gasteiger partial charge in [0.15, 0.2) is 11.4 Å². The van der Waals surface area contributed by atoms with E-state index in [1.54, 1.807) is 13.0 Å². The standard InChI is InChI=1S/C29H33IN2O9/c1-11-15-13(30)9-10-14(33)17(15)22(34)18-16(11)24(41-28(39)12-7-5-4-6-8-12)20-21(32(2)3)23(35)19(27(31)38)26(37)29(20,40)25(18)36/h9-12,16,20-21,24,33,35-36,40H,4-8H2,1-3H3,(H2,31,38)/t11-,16+,20+,21-,24-,29-/m0/s1. The number of carbonyl (C=O) groups is 4. The minimum Gasteiger partial charge on any atom is -0.510 e. The number of aromatic hydroxyl groups is 1. The van der Waals surface area contributed by atoms with Crippen molar-refractivity contribution >= 4 is 46.0 Å². The van der Waals surface area contributed by atoms with Crippen LogP contribution in [-0.4, -0.2) is 80.6 Å². The number of nitrogens with two attached hydrogens (primary N) is 1. The topological polar surface area (TPSA) is 188 Å². The van der Waals surface area contributed by atoms with Crippen molar-refractivity contribution in [2.75, 3.05) is 14.1 Å². The highest BCUT2D eigenvalue weighted by Gasteiger charge is 2.68. The fourth-order valence-electron chi connectivity index (χ4n) is 7.33. The van der Waals surface area contributed by atoms with Crippen molar-refractivity contribution in [3.8, 4) is 5.75 Å². The Balaban J connectivity index is 1.80. The zero-order valence-corrected chi connectivity index (χ0v) is 25.0. The van der Waals surface area contributed by atoms with Crippen molar-refractivity contribution in [1.82, 2.24) is 4.90 Å². The number of likely N-dealkylation sites (N-methyl/N-ethyl adjacent to an activating group) is 1. The number of phenolic OH excluding ortho intramolecular Hbond substituents is 1. The number of esters is 1. The summed E-state index contributed by atoms with van der Waals surface area (Å²) in [6.45, 7) is 1.75. The Morgan fingerprint density at radius 1 is 1.10 bits per heavy atom. The van der Waals surface area contributed by atoms with Gasteiger partial charge in [0.2, 0.25) is 5.78 Å². The third kappa shape index (κ3) is 4.20. The number of aliphatic hydroxyl groups excluding tert-OH is 2. The molecule has 220 valence electrons. The van der Waals surface area contributed by atoms with Crippen LogP contribution in [0.3, 0.4) is 0 Å². The number of ketones is 2. The van der Waals surface area contributed by atoms with E-state index >= 15 is 0 Å². The molecule has 1 aromatic carbocycles. The second-order valence-electron chi connectivity index (χ2n) is 11.7. The van der Waals surface area contributed by atoms with Gasteiger partial charge in [-0.25, -0.2) is 0 Å². The van der Waals surface area contributed by atoms with Crippen LogP contribution >= 0.6 is 22.6 Å². The highest BCUT2D eigenvalue weighted by molar-refractivity contribution is 14.1. The van der Waals surface area contributed by atoms with Gasteiger partial charge in [0.05, 0.1) is 23.4 Å². The van der Waals surface area contributed by atoms with Gasteiger partial charge in [-0.05, 0) is 73.1 Å². The summed E-state index contributed by atoms with van der Waals surface area (Å²) in [6, 6.07) is 1.67. The number of halogens is 1. The molecule has 5 rings (SSSR count). The van der Waals surface area contributed by atoms with E-state index in [4.69, 9.17) is 10.5 Å². The van der Waals surface area contributed by atoms with Crippen molar-refractivity contribution in [2.24, 2.45) is 23.5 Å². The van der Waals surface area contributed by atoms with Gasteiger partial charge in [-0.2, -0.15) is 0 Å². The maximum Gasteiger partial charge on any atom is 0.309 e. The molecule has 0 radical (unpaired) electrons. The second-order valence-corrected chi connectivity index (χ2v) is 12.8. The van der Waals surface area contributed by atoms with Crippen molar-refractivity contribution < 1.29 is 44.3 Å². The molecule has 6 N–H and O–H groups in total. The Morgan fingerprint density at radius 3 is 2.32 bits per heavy atom. The van der Waals surface area contributed by atoms with Crippen LogP contribution < -0.4 is 5.73 Å². The number of ether oxygens (including phenoxy) is 1. The molecule has 4 aliphatic carbocycles. The minimum absolute atomic E-state index is 0.0949. The van der Waals surface area contributed by atoms with Crippen LogP contribution in [0.2, 0.25) is 0 Å². The lowest BCUT2D eigenvalue weighted by Crippen LogP contribution is -2.69. The van der Waals surface area contributed by atoms with Crippen LogP contribution in [-0.2, 0) is 19.1 Å². The molecule has 0 heterocycles. The van der Waals surface area contributed by atoms with Crippen LogP contribution in [0.4, 0.5) is 0 Å². The van der Waals surface area contributed by atoms with Crippen molar-refractivity contribution in [3.05, 3.63) is 49.5 Å². The van der Waals surface area contributed by atoms with Gasteiger partial charge in [0.25, 0.3) is 5.91 Å². The second kappa shape index (κ2) is 10.4. The molecule has 0 aromatic heterocycles. The Hall–Kier alpha value is -2.97. The lowest BCUT2D eigenvalue weighted by Gasteiger charge is -2.54. The zero-order chi connectivity index (χ0) is 30.1. The van der Waals surface area contributed by atoms with Crippen LogP contribution in [0.5, 0.6) is 5.75 Å². The van der Waals surface area contributed by atoms with Gasteiger partial charge in [-0.15, -0.1) is 0 Å². The van der Waals surface area contributed by atoms with Gasteiger partial charge in [0.1, 0.15) is 28.9 Å². The predicted octanol–water partition coefficient (Wildman–Crippen LogP) is 2.39. The maximum absolute atomic E-state index is 14.0. The summed E-state index contributed by atoms with van der Waals surface area (Å²) in [5.41, 5.74) is 1.57. The first-order valence-electron chi connectivity index (χ1n) is 13.6. The fraction of sp³-hybridized carbons (Fsp3) is 0.517. The predicted molar refractivity (Wildman–Crippen MR) is 153 cm³/mol. The number of hydrogen-bond donors (Lipinski definition) is 5. The molecule has 0 spiro atoms. The van der Waals surface area contributed by atoms with Crippen LogP contribution in [0.1, 0.15) is 60.9 Å². The van der Waals surface area contributed by atoms with Crippen molar-refractivity contribution in [3.63, 3.8) is 0 Å². The van der Waals surface area contributed by atoms with E-state index in [1.165, 1.54) is 25.1 Å². The lowest BCUT2D eigenvalue weighted by molar-refractivity contribution is -0.184. The van der Waals surface area contributed by atoms with Crippen LogP contribution in [0, 0.1) is 21.3 Å². The lowest BCUT2D eigenvalue weighted by atomic mass is 9.55. The zero-order valence-electron chi connectivity index (χ0n) is 22.9. The van der Waals surface area contributed by atoms with Crippen molar-refractivity contribution in [1.29, 1.82) is 0 Å². The van der Waals surface area contributed by atoms with E-state index in [1.807, 2.05) is 22.6 Å². The molecule has 1 saturated carbocycles. The third-order valence-corrected chi connectivity index (χ3v) is 10.2.